The molecule has 2 amide bonds. The second-order valence-corrected chi connectivity index (χ2v) is 5.79. The van der Waals surface area contributed by atoms with Crippen LogP contribution in [0.5, 0.6) is 0 Å². The molecule has 1 unspecified atom stereocenters. The van der Waals surface area contributed by atoms with Gasteiger partial charge in [0.1, 0.15) is 0 Å². The average Bonchev–Trinajstić information content (AvgIpc) is 3.10. The van der Waals surface area contributed by atoms with Gasteiger partial charge < -0.3 is 10.6 Å². The summed E-state index contributed by atoms with van der Waals surface area (Å²) in [5.41, 5.74) is 1.96. The summed E-state index contributed by atoms with van der Waals surface area (Å²) in [4.78, 5) is 14.8. The highest BCUT2D eigenvalue weighted by atomic mass is 32.1. The molecule has 104 valence electrons. The molecule has 0 radical (unpaired) electrons. The summed E-state index contributed by atoms with van der Waals surface area (Å²) < 4.78 is 0. The average molecular weight is 287 g/mol. The predicted molar refractivity (Wildman–Crippen MR) is 83.5 cm³/mol. The van der Waals surface area contributed by atoms with Crippen LogP contribution in [0.15, 0.2) is 41.8 Å². The van der Waals surface area contributed by atoms with Crippen LogP contribution in [0.3, 0.4) is 0 Å². The molecule has 1 saturated heterocycles. The van der Waals surface area contributed by atoms with Crippen LogP contribution in [-0.2, 0) is 0 Å². The quantitative estimate of drug-likeness (QED) is 0.904. The molecule has 20 heavy (non-hydrogen) atoms. The van der Waals surface area contributed by atoms with E-state index in [0.717, 1.165) is 17.9 Å². The van der Waals surface area contributed by atoms with E-state index in [9.17, 15) is 4.79 Å². The van der Waals surface area contributed by atoms with Crippen molar-refractivity contribution in [2.75, 3.05) is 23.3 Å². The third-order valence-corrected chi connectivity index (χ3v) is 4.42. The van der Waals surface area contributed by atoms with Crippen molar-refractivity contribution in [3.63, 3.8) is 0 Å². The lowest BCUT2D eigenvalue weighted by atomic mass is 10.2. The number of hydrogen-bond donors (Lipinski definition) is 2. The lowest BCUT2D eigenvalue weighted by Gasteiger charge is -2.18. The molecule has 2 N–H and O–H groups in total. The molecule has 0 bridgehead atoms. The van der Waals surface area contributed by atoms with Gasteiger partial charge in [-0.1, -0.05) is 12.1 Å². The molecule has 0 aliphatic carbocycles. The van der Waals surface area contributed by atoms with Gasteiger partial charge in [-0.2, -0.15) is 0 Å². The van der Waals surface area contributed by atoms with E-state index in [2.05, 4.69) is 35.1 Å². The molecule has 1 aromatic carbocycles. The fraction of sp³-hybridized carbons (Fsp3) is 0.267. The third kappa shape index (κ3) is 2.63. The molecular formula is C15H17N3OS. The molecule has 2 heterocycles. The number of thiophene rings is 1. The van der Waals surface area contributed by atoms with E-state index in [1.165, 1.54) is 4.88 Å². The van der Waals surface area contributed by atoms with Crippen molar-refractivity contribution in [3.05, 3.63) is 46.7 Å². The van der Waals surface area contributed by atoms with Crippen LogP contribution in [0.2, 0.25) is 0 Å². The summed E-state index contributed by atoms with van der Waals surface area (Å²) in [5, 5.41) is 8.38. The van der Waals surface area contributed by atoms with Crippen molar-refractivity contribution in [2.24, 2.45) is 0 Å². The molecule has 0 spiro atoms. The molecule has 1 fully saturated rings. The van der Waals surface area contributed by atoms with Crippen LogP contribution in [0.25, 0.3) is 0 Å². The van der Waals surface area contributed by atoms with Gasteiger partial charge in [0.25, 0.3) is 0 Å². The van der Waals surface area contributed by atoms with E-state index in [1.54, 1.807) is 16.2 Å². The zero-order chi connectivity index (χ0) is 13.9. The normalized spacial score (nSPS) is 16.1. The van der Waals surface area contributed by atoms with Gasteiger partial charge in [0.2, 0.25) is 0 Å². The van der Waals surface area contributed by atoms with Crippen LogP contribution in [0.1, 0.15) is 17.8 Å². The van der Waals surface area contributed by atoms with Crippen LogP contribution < -0.4 is 15.5 Å². The highest BCUT2D eigenvalue weighted by molar-refractivity contribution is 7.10. The number of anilines is 2. The van der Waals surface area contributed by atoms with Crippen molar-refractivity contribution >= 4 is 28.7 Å². The molecule has 1 atom stereocenters. The predicted octanol–water partition coefficient (Wildman–Crippen LogP) is 3.45. The molecule has 1 aliphatic rings. The van der Waals surface area contributed by atoms with Gasteiger partial charge in [0.05, 0.1) is 6.04 Å². The Balaban J connectivity index is 1.76. The van der Waals surface area contributed by atoms with Gasteiger partial charge in [0.15, 0.2) is 0 Å². The minimum atomic E-state index is -0.0199. The monoisotopic (exact) mass is 287 g/mol. The summed E-state index contributed by atoms with van der Waals surface area (Å²) in [7, 11) is 0. The fourth-order valence-electron chi connectivity index (χ4n) is 2.34. The Hall–Kier alpha value is -2.01. The van der Waals surface area contributed by atoms with Crippen molar-refractivity contribution in [1.29, 1.82) is 0 Å². The molecule has 0 saturated carbocycles. The SMILES string of the molecule is CC(Nc1cccc(N2CCNC2=O)c1)c1cccs1. The molecule has 2 aromatic rings. The van der Waals surface area contributed by atoms with Gasteiger partial charge in [0, 0.05) is 29.3 Å². The van der Waals surface area contributed by atoms with E-state index < -0.39 is 0 Å². The second kappa shape index (κ2) is 5.54. The number of hydrogen-bond acceptors (Lipinski definition) is 3. The lowest BCUT2D eigenvalue weighted by Crippen LogP contribution is -2.27. The molecule has 5 heteroatoms. The van der Waals surface area contributed by atoms with E-state index in [-0.39, 0.29) is 12.1 Å². The standard InChI is InChI=1S/C15H17N3OS/c1-11(14-6-3-9-20-14)17-12-4-2-5-13(10-12)18-8-7-16-15(18)19/h2-6,9-11,17H,7-8H2,1H3,(H,16,19). The van der Waals surface area contributed by atoms with E-state index in [4.69, 9.17) is 0 Å². The smallest absolute Gasteiger partial charge is 0.321 e. The minimum Gasteiger partial charge on any atom is -0.378 e. The first-order valence-corrected chi connectivity index (χ1v) is 7.57. The maximum absolute atomic E-state index is 11.7. The highest BCUT2D eigenvalue weighted by Gasteiger charge is 2.21. The van der Waals surface area contributed by atoms with Crippen molar-refractivity contribution < 1.29 is 4.79 Å². The Morgan fingerprint density at radius 2 is 2.25 bits per heavy atom. The van der Waals surface area contributed by atoms with Gasteiger partial charge in [-0.25, -0.2) is 4.79 Å². The number of benzene rings is 1. The first-order valence-electron chi connectivity index (χ1n) is 6.69. The number of rotatable bonds is 4. The van der Waals surface area contributed by atoms with Gasteiger partial charge in [-0.3, -0.25) is 4.90 Å². The second-order valence-electron chi connectivity index (χ2n) is 4.82. The lowest BCUT2D eigenvalue weighted by molar-refractivity contribution is 0.252. The maximum Gasteiger partial charge on any atom is 0.321 e. The first-order chi connectivity index (χ1) is 9.74. The largest absolute Gasteiger partial charge is 0.378 e. The zero-order valence-corrected chi connectivity index (χ0v) is 12.1. The van der Waals surface area contributed by atoms with Crippen molar-refractivity contribution in [1.82, 2.24) is 5.32 Å². The van der Waals surface area contributed by atoms with E-state index in [0.29, 0.717) is 6.54 Å². The highest BCUT2D eigenvalue weighted by Crippen LogP contribution is 2.26. The Morgan fingerprint density at radius 1 is 1.35 bits per heavy atom. The molecule has 1 aliphatic heterocycles. The number of nitrogens with zero attached hydrogens (tertiary/aromatic N) is 1. The number of amides is 2. The van der Waals surface area contributed by atoms with Crippen LogP contribution in [-0.4, -0.2) is 19.1 Å². The summed E-state index contributed by atoms with van der Waals surface area (Å²) in [5.74, 6) is 0. The Kier molecular flexibility index (Phi) is 3.60. The Bertz CT molecular complexity index is 597. The summed E-state index contributed by atoms with van der Waals surface area (Å²) in [6.07, 6.45) is 0. The molecule has 4 nitrogen and oxygen atoms in total. The number of carbonyl (C=O) groups is 1. The van der Waals surface area contributed by atoms with Crippen LogP contribution in [0, 0.1) is 0 Å². The summed E-state index contributed by atoms with van der Waals surface area (Å²) >= 11 is 1.74. The van der Waals surface area contributed by atoms with E-state index >= 15 is 0 Å². The maximum atomic E-state index is 11.7. The van der Waals surface area contributed by atoms with Crippen molar-refractivity contribution in [3.8, 4) is 0 Å². The fourth-order valence-corrected chi connectivity index (χ4v) is 3.07. The zero-order valence-electron chi connectivity index (χ0n) is 11.3. The van der Waals surface area contributed by atoms with Crippen molar-refractivity contribution in [2.45, 2.75) is 13.0 Å². The first kappa shape index (κ1) is 13.0. The molecule has 3 rings (SSSR count). The van der Waals surface area contributed by atoms with E-state index in [1.807, 2.05) is 24.3 Å². The van der Waals surface area contributed by atoms with Crippen LogP contribution >= 0.6 is 11.3 Å². The number of nitrogens with one attached hydrogen (secondary N) is 2. The molecule has 1 aromatic heterocycles. The third-order valence-electron chi connectivity index (χ3n) is 3.37. The van der Waals surface area contributed by atoms with Gasteiger partial charge >= 0.3 is 6.03 Å². The van der Waals surface area contributed by atoms with Gasteiger partial charge in [-0.15, -0.1) is 11.3 Å². The summed E-state index contributed by atoms with van der Waals surface area (Å²) in [6.45, 7) is 3.58. The number of urea groups is 1. The number of carbonyl (C=O) groups excluding carboxylic acids is 1. The Morgan fingerprint density at radius 3 is 2.95 bits per heavy atom. The van der Waals surface area contributed by atoms with Crippen LogP contribution in [0.4, 0.5) is 16.2 Å². The Labute approximate surface area is 122 Å². The minimum absolute atomic E-state index is 0.0199. The topological polar surface area (TPSA) is 44.4 Å². The summed E-state index contributed by atoms with van der Waals surface area (Å²) in [6, 6.07) is 12.4. The molecular weight excluding hydrogens is 270 g/mol. The van der Waals surface area contributed by atoms with Gasteiger partial charge in [-0.05, 0) is 36.6 Å².